The third kappa shape index (κ3) is 2.71. The zero-order valence-electron chi connectivity index (χ0n) is 11.2. The lowest BCUT2D eigenvalue weighted by Crippen LogP contribution is -1.76. The number of hydrogen-bond acceptors (Lipinski definition) is 4. The maximum absolute atomic E-state index is 10.00. The summed E-state index contributed by atoms with van der Waals surface area (Å²) < 4.78 is 0. The number of fused-ring (bicyclic) bond motifs is 1. The topological polar surface area (TPSA) is 65.2 Å². The number of rotatable bonds is 2. The SMILES string of the molecule is Oc1cc(Cl)cc(Cl)c1N=Nc1c(O)ccc2ccccc12. The van der Waals surface area contributed by atoms with Crippen LogP contribution in [0.4, 0.5) is 11.4 Å². The van der Waals surface area contributed by atoms with Crippen LogP contribution in [0.15, 0.2) is 58.8 Å². The summed E-state index contributed by atoms with van der Waals surface area (Å²) in [6.45, 7) is 0. The van der Waals surface area contributed by atoms with Gasteiger partial charge < -0.3 is 10.2 Å². The molecule has 0 bridgehead atoms. The van der Waals surface area contributed by atoms with Crippen LogP contribution in [0.3, 0.4) is 0 Å². The molecule has 110 valence electrons. The van der Waals surface area contributed by atoms with Crippen molar-refractivity contribution in [2.75, 3.05) is 0 Å². The first kappa shape index (κ1) is 14.6. The molecule has 6 heteroatoms. The van der Waals surface area contributed by atoms with Gasteiger partial charge in [0.1, 0.15) is 22.9 Å². The Bertz CT molecular complexity index is 871. The highest BCUT2D eigenvalue weighted by molar-refractivity contribution is 6.36. The molecule has 3 aromatic carbocycles. The van der Waals surface area contributed by atoms with Crippen LogP contribution in [0.5, 0.6) is 11.5 Å². The molecular weight excluding hydrogens is 323 g/mol. The molecule has 0 fully saturated rings. The fourth-order valence-electron chi connectivity index (χ4n) is 2.10. The molecule has 3 rings (SSSR count). The lowest BCUT2D eigenvalue weighted by atomic mass is 10.1. The molecular formula is C16H10Cl2N2O2. The minimum Gasteiger partial charge on any atom is -0.506 e. The summed E-state index contributed by atoms with van der Waals surface area (Å²) in [7, 11) is 0. The van der Waals surface area contributed by atoms with Crippen LogP contribution in [0.2, 0.25) is 10.0 Å². The van der Waals surface area contributed by atoms with Crippen molar-refractivity contribution in [3.63, 3.8) is 0 Å². The second-order valence-corrected chi connectivity index (χ2v) is 5.45. The Kier molecular flexibility index (Phi) is 3.88. The molecule has 0 saturated carbocycles. The summed E-state index contributed by atoms with van der Waals surface area (Å²) in [5.41, 5.74) is 0.405. The van der Waals surface area contributed by atoms with Gasteiger partial charge in [-0.2, -0.15) is 0 Å². The van der Waals surface area contributed by atoms with Crippen LogP contribution < -0.4 is 0 Å². The zero-order valence-corrected chi connectivity index (χ0v) is 12.7. The van der Waals surface area contributed by atoms with E-state index in [1.807, 2.05) is 24.3 Å². The zero-order chi connectivity index (χ0) is 15.7. The van der Waals surface area contributed by atoms with Crippen molar-refractivity contribution in [3.8, 4) is 11.5 Å². The third-order valence-electron chi connectivity index (χ3n) is 3.14. The van der Waals surface area contributed by atoms with Gasteiger partial charge >= 0.3 is 0 Å². The number of phenols is 2. The Labute approximate surface area is 136 Å². The Morgan fingerprint density at radius 2 is 1.50 bits per heavy atom. The highest BCUT2D eigenvalue weighted by Crippen LogP contribution is 2.40. The summed E-state index contributed by atoms with van der Waals surface area (Å²) in [5, 5.41) is 30.0. The molecule has 0 aliphatic rings. The third-order valence-corrected chi connectivity index (χ3v) is 3.64. The van der Waals surface area contributed by atoms with E-state index in [0.717, 1.165) is 10.8 Å². The molecule has 0 heterocycles. The summed E-state index contributed by atoms with van der Waals surface area (Å²) in [4.78, 5) is 0. The monoisotopic (exact) mass is 332 g/mol. The van der Waals surface area contributed by atoms with E-state index in [4.69, 9.17) is 23.2 Å². The number of hydrogen-bond donors (Lipinski definition) is 2. The van der Waals surface area contributed by atoms with Gasteiger partial charge in [-0.25, -0.2) is 0 Å². The lowest BCUT2D eigenvalue weighted by Gasteiger charge is -2.05. The van der Waals surface area contributed by atoms with E-state index in [0.29, 0.717) is 10.7 Å². The van der Waals surface area contributed by atoms with Crippen molar-refractivity contribution in [2.45, 2.75) is 0 Å². The summed E-state index contributed by atoms with van der Waals surface area (Å²) in [6.07, 6.45) is 0. The van der Waals surface area contributed by atoms with Crippen LogP contribution in [0.25, 0.3) is 10.8 Å². The molecule has 0 saturated heterocycles. The van der Waals surface area contributed by atoms with Crippen molar-refractivity contribution in [3.05, 3.63) is 58.6 Å². The first-order valence-electron chi connectivity index (χ1n) is 6.37. The van der Waals surface area contributed by atoms with Crippen LogP contribution in [0.1, 0.15) is 0 Å². The van der Waals surface area contributed by atoms with Crippen molar-refractivity contribution < 1.29 is 10.2 Å². The molecule has 0 spiro atoms. The van der Waals surface area contributed by atoms with E-state index in [1.54, 1.807) is 12.1 Å². The molecule has 0 atom stereocenters. The lowest BCUT2D eigenvalue weighted by molar-refractivity contribution is 0.474. The van der Waals surface area contributed by atoms with Gasteiger partial charge in [-0.05, 0) is 17.5 Å². The average Bonchev–Trinajstić information content (AvgIpc) is 2.48. The van der Waals surface area contributed by atoms with Crippen molar-refractivity contribution in [1.29, 1.82) is 0 Å². The first-order chi connectivity index (χ1) is 10.6. The minimum atomic E-state index is -0.180. The van der Waals surface area contributed by atoms with E-state index >= 15 is 0 Å². The number of nitrogens with zero attached hydrogens (tertiary/aromatic N) is 2. The van der Waals surface area contributed by atoms with Crippen molar-refractivity contribution in [1.82, 2.24) is 0 Å². The normalized spacial score (nSPS) is 11.4. The van der Waals surface area contributed by atoms with Gasteiger partial charge in [0, 0.05) is 16.5 Å². The molecule has 0 aliphatic heterocycles. The predicted molar refractivity (Wildman–Crippen MR) is 87.9 cm³/mol. The molecule has 4 nitrogen and oxygen atoms in total. The van der Waals surface area contributed by atoms with Crippen LogP contribution >= 0.6 is 23.2 Å². The Morgan fingerprint density at radius 3 is 2.27 bits per heavy atom. The molecule has 0 amide bonds. The number of phenolic OH excluding ortho intramolecular Hbond substituents is 2. The van der Waals surface area contributed by atoms with E-state index in [-0.39, 0.29) is 22.2 Å². The molecule has 2 N–H and O–H groups in total. The fraction of sp³-hybridized carbons (Fsp3) is 0. The molecule has 22 heavy (non-hydrogen) atoms. The quantitative estimate of drug-likeness (QED) is 0.567. The van der Waals surface area contributed by atoms with Crippen LogP contribution in [-0.4, -0.2) is 10.2 Å². The number of halogens is 2. The highest BCUT2D eigenvalue weighted by Gasteiger charge is 2.10. The first-order valence-corrected chi connectivity index (χ1v) is 7.12. The van der Waals surface area contributed by atoms with E-state index in [1.165, 1.54) is 12.1 Å². The molecule has 0 aromatic heterocycles. The van der Waals surface area contributed by atoms with Gasteiger partial charge in [-0.3, -0.25) is 0 Å². The number of aromatic hydroxyl groups is 2. The minimum absolute atomic E-state index is 0.00738. The fourth-order valence-corrected chi connectivity index (χ4v) is 2.62. The summed E-state index contributed by atoms with van der Waals surface area (Å²) in [5.74, 6) is -0.187. The van der Waals surface area contributed by atoms with E-state index < -0.39 is 0 Å². The van der Waals surface area contributed by atoms with E-state index in [9.17, 15) is 10.2 Å². The van der Waals surface area contributed by atoms with Gasteiger partial charge in [0.2, 0.25) is 0 Å². The highest BCUT2D eigenvalue weighted by atomic mass is 35.5. The maximum Gasteiger partial charge on any atom is 0.146 e. The second-order valence-electron chi connectivity index (χ2n) is 4.61. The van der Waals surface area contributed by atoms with Gasteiger partial charge in [-0.15, -0.1) is 10.2 Å². The van der Waals surface area contributed by atoms with Crippen LogP contribution in [-0.2, 0) is 0 Å². The average molecular weight is 333 g/mol. The van der Waals surface area contributed by atoms with Gasteiger partial charge in [0.25, 0.3) is 0 Å². The standard InChI is InChI=1S/C16H10Cl2N2O2/c17-10-7-12(18)16(14(22)8-10)20-19-15-11-4-2-1-3-9(11)5-6-13(15)21/h1-8,21-22H. The van der Waals surface area contributed by atoms with Gasteiger partial charge in [0.15, 0.2) is 0 Å². The molecule has 3 aromatic rings. The molecule has 0 unspecified atom stereocenters. The van der Waals surface area contributed by atoms with E-state index in [2.05, 4.69) is 10.2 Å². The Balaban J connectivity index is 2.13. The Morgan fingerprint density at radius 1 is 0.773 bits per heavy atom. The van der Waals surface area contributed by atoms with Gasteiger partial charge in [-0.1, -0.05) is 53.5 Å². The predicted octanol–water partition coefficient (Wildman–Crippen LogP) is 5.97. The van der Waals surface area contributed by atoms with Crippen molar-refractivity contribution >= 4 is 45.3 Å². The largest absolute Gasteiger partial charge is 0.506 e. The van der Waals surface area contributed by atoms with Crippen molar-refractivity contribution in [2.24, 2.45) is 10.2 Å². The second kappa shape index (κ2) is 5.83. The van der Waals surface area contributed by atoms with Crippen LogP contribution in [0, 0.1) is 0 Å². The Hall–Kier alpha value is -2.30. The smallest absolute Gasteiger partial charge is 0.146 e. The number of benzene rings is 3. The summed E-state index contributed by atoms with van der Waals surface area (Å²) in [6, 6.07) is 13.6. The number of azo groups is 1. The maximum atomic E-state index is 10.00. The molecule has 0 aliphatic carbocycles. The molecule has 0 radical (unpaired) electrons. The van der Waals surface area contributed by atoms with Gasteiger partial charge in [0.05, 0.1) is 5.02 Å². The summed E-state index contributed by atoms with van der Waals surface area (Å²) >= 11 is 11.8.